The molecule has 0 radical (unpaired) electrons. The number of hydrogen-bond acceptors (Lipinski definition) is 5. The Morgan fingerprint density at radius 1 is 0.967 bits per heavy atom. The van der Waals surface area contributed by atoms with Gasteiger partial charge in [0.15, 0.2) is 11.5 Å². The molecule has 3 aromatic rings. The fourth-order valence-electron chi connectivity index (χ4n) is 4.13. The lowest BCUT2D eigenvalue weighted by atomic mass is 9.87. The van der Waals surface area contributed by atoms with Crippen molar-refractivity contribution in [3.05, 3.63) is 77.4 Å². The van der Waals surface area contributed by atoms with E-state index in [2.05, 4.69) is 55.5 Å². The third kappa shape index (κ3) is 3.23. The Kier molecular flexibility index (Phi) is 4.91. The number of thioether (sulfide) groups is 1. The number of fused-ring (bicyclic) bond motifs is 4. The fourth-order valence-corrected chi connectivity index (χ4v) is 5.45. The maximum absolute atomic E-state index is 6.21. The Hall–Kier alpha value is -2.92. The zero-order chi connectivity index (χ0) is 20.7. The van der Waals surface area contributed by atoms with Gasteiger partial charge in [0.2, 0.25) is 0 Å². The lowest BCUT2D eigenvalue weighted by molar-refractivity contribution is 0.271. The highest BCUT2D eigenvalue weighted by Gasteiger charge is 2.37. The topological polar surface area (TPSA) is 40.0 Å². The maximum atomic E-state index is 6.21. The normalized spacial score (nSPS) is 19.4. The van der Waals surface area contributed by atoms with Crippen molar-refractivity contribution in [3.8, 4) is 17.2 Å². The summed E-state index contributed by atoms with van der Waals surface area (Å²) >= 11 is 1.84. The highest BCUT2D eigenvalue weighted by Crippen LogP contribution is 2.51. The minimum absolute atomic E-state index is 0.120. The van der Waals surface area contributed by atoms with Crippen molar-refractivity contribution in [2.24, 2.45) is 10.9 Å². The van der Waals surface area contributed by atoms with Gasteiger partial charge in [-0.05, 0) is 48.9 Å². The maximum Gasteiger partial charge on any atom is 0.161 e. The molecule has 0 N–H and O–H groups in total. The van der Waals surface area contributed by atoms with E-state index in [9.17, 15) is 0 Å². The Labute approximate surface area is 180 Å². The molecule has 0 fully saturated rings. The third-order valence-electron chi connectivity index (χ3n) is 5.64. The smallest absolute Gasteiger partial charge is 0.161 e. The van der Waals surface area contributed by atoms with E-state index >= 15 is 0 Å². The van der Waals surface area contributed by atoms with Gasteiger partial charge in [-0.15, -0.1) is 11.8 Å². The first-order valence-electron chi connectivity index (χ1n) is 9.98. The summed E-state index contributed by atoms with van der Waals surface area (Å²) in [7, 11) is 3.33. The van der Waals surface area contributed by atoms with Crippen LogP contribution in [0.2, 0.25) is 0 Å². The van der Waals surface area contributed by atoms with Crippen molar-refractivity contribution in [1.29, 1.82) is 0 Å². The second-order valence-electron chi connectivity index (χ2n) is 7.53. The quantitative estimate of drug-likeness (QED) is 0.525. The van der Waals surface area contributed by atoms with E-state index in [1.54, 1.807) is 14.2 Å². The molecule has 2 aliphatic rings. The van der Waals surface area contributed by atoms with Crippen molar-refractivity contribution in [1.82, 2.24) is 0 Å². The summed E-state index contributed by atoms with van der Waals surface area (Å²) in [5, 5.41) is 0.140. The summed E-state index contributed by atoms with van der Waals surface area (Å²) in [6.45, 7) is 2.70. The van der Waals surface area contributed by atoms with Crippen molar-refractivity contribution in [3.63, 3.8) is 0 Å². The summed E-state index contributed by atoms with van der Waals surface area (Å²) < 4.78 is 17.2. The molecular formula is C25H23NO3S. The molecule has 0 amide bonds. The van der Waals surface area contributed by atoms with E-state index in [-0.39, 0.29) is 11.2 Å². The van der Waals surface area contributed by atoms with Gasteiger partial charge in [-0.3, -0.25) is 4.99 Å². The van der Waals surface area contributed by atoms with Crippen LogP contribution in [0.5, 0.6) is 17.2 Å². The molecule has 0 spiro atoms. The van der Waals surface area contributed by atoms with Gasteiger partial charge in [0.25, 0.3) is 0 Å². The molecule has 30 heavy (non-hydrogen) atoms. The van der Waals surface area contributed by atoms with E-state index in [1.807, 2.05) is 23.9 Å². The van der Waals surface area contributed by atoms with E-state index in [4.69, 9.17) is 19.2 Å². The molecule has 2 aliphatic heterocycles. The molecule has 3 aromatic carbocycles. The van der Waals surface area contributed by atoms with Crippen molar-refractivity contribution < 1.29 is 14.2 Å². The van der Waals surface area contributed by atoms with Crippen LogP contribution in [-0.2, 0) is 0 Å². The molecule has 0 saturated carbocycles. The summed E-state index contributed by atoms with van der Waals surface area (Å²) in [5.41, 5.74) is 5.58. The minimum atomic E-state index is 0.120. The van der Waals surface area contributed by atoms with Crippen LogP contribution >= 0.6 is 11.8 Å². The van der Waals surface area contributed by atoms with E-state index in [0.717, 1.165) is 34.2 Å². The zero-order valence-electron chi connectivity index (χ0n) is 17.2. The first kappa shape index (κ1) is 19.1. The third-order valence-corrected chi connectivity index (χ3v) is 7.10. The Morgan fingerprint density at radius 2 is 1.80 bits per heavy atom. The van der Waals surface area contributed by atoms with Gasteiger partial charge in [-0.1, -0.05) is 29.8 Å². The number of para-hydroxylation sites is 1. The monoisotopic (exact) mass is 417 g/mol. The number of benzene rings is 3. The van der Waals surface area contributed by atoms with Crippen LogP contribution in [0.25, 0.3) is 0 Å². The molecule has 5 rings (SSSR count). The first-order valence-corrected chi connectivity index (χ1v) is 10.9. The van der Waals surface area contributed by atoms with Crippen LogP contribution in [0.4, 0.5) is 5.69 Å². The number of methoxy groups -OCH3 is 2. The van der Waals surface area contributed by atoms with Gasteiger partial charge in [-0.2, -0.15) is 0 Å². The van der Waals surface area contributed by atoms with E-state index < -0.39 is 0 Å². The Balaban J connectivity index is 1.68. The molecule has 2 heterocycles. The summed E-state index contributed by atoms with van der Waals surface area (Å²) in [6.07, 6.45) is 0. The number of hydrogen-bond donors (Lipinski definition) is 0. The van der Waals surface area contributed by atoms with Crippen LogP contribution < -0.4 is 14.2 Å². The highest BCUT2D eigenvalue weighted by molar-refractivity contribution is 7.99. The Morgan fingerprint density at radius 3 is 2.63 bits per heavy atom. The summed E-state index contributed by atoms with van der Waals surface area (Å²) in [4.78, 5) is 6.33. The summed E-state index contributed by atoms with van der Waals surface area (Å²) in [6, 6.07) is 20.9. The van der Waals surface area contributed by atoms with Crippen LogP contribution in [-0.4, -0.2) is 26.5 Å². The largest absolute Gasteiger partial charge is 0.493 e. The number of ether oxygens (including phenoxy) is 3. The molecule has 0 aromatic heterocycles. The molecule has 0 unspecified atom stereocenters. The molecule has 152 valence electrons. The van der Waals surface area contributed by atoms with Crippen molar-refractivity contribution in [2.45, 2.75) is 17.1 Å². The average Bonchev–Trinajstić information content (AvgIpc) is 2.95. The number of rotatable bonds is 3. The summed E-state index contributed by atoms with van der Waals surface area (Å²) in [5.74, 6) is 2.50. The average molecular weight is 418 g/mol. The fraction of sp³-hybridized carbons (Fsp3) is 0.240. The van der Waals surface area contributed by atoms with Crippen LogP contribution in [0, 0.1) is 12.8 Å². The molecule has 0 bridgehead atoms. The van der Waals surface area contributed by atoms with Gasteiger partial charge in [0.05, 0.1) is 38.1 Å². The molecule has 5 heteroatoms. The van der Waals surface area contributed by atoms with Crippen LogP contribution in [0.1, 0.15) is 21.9 Å². The first-order chi connectivity index (χ1) is 14.7. The molecule has 4 nitrogen and oxygen atoms in total. The molecule has 0 saturated heterocycles. The highest BCUT2D eigenvalue weighted by atomic mass is 32.2. The van der Waals surface area contributed by atoms with Crippen LogP contribution in [0.15, 0.2) is 70.6 Å². The lowest BCUT2D eigenvalue weighted by Crippen LogP contribution is -2.32. The zero-order valence-corrected chi connectivity index (χ0v) is 18.0. The van der Waals surface area contributed by atoms with Crippen molar-refractivity contribution >= 4 is 23.2 Å². The Bertz CT molecular complexity index is 1140. The lowest BCUT2D eigenvalue weighted by Gasteiger charge is -2.32. The second-order valence-corrected chi connectivity index (χ2v) is 8.72. The SMILES string of the molecule is COc1ccc([C@@H]2Sc3ccccc3N=C3c4cc(C)ccc4OC[C@H]32)cc1OC. The number of aliphatic imine (C=N–C) groups is 1. The van der Waals surface area contributed by atoms with Gasteiger partial charge in [-0.25, -0.2) is 0 Å². The predicted octanol–water partition coefficient (Wildman–Crippen LogP) is 5.99. The minimum Gasteiger partial charge on any atom is -0.493 e. The molecular weight excluding hydrogens is 394 g/mol. The van der Waals surface area contributed by atoms with Crippen molar-refractivity contribution in [2.75, 3.05) is 20.8 Å². The van der Waals surface area contributed by atoms with Gasteiger partial charge >= 0.3 is 0 Å². The number of aryl methyl sites for hydroxylation is 1. The standard InChI is InChI=1S/C25H23NO3S/c1-15-8-10-20-17(12-15)24-18(14-29-20)25(30-23-7-5-4-6-19(23)26-24)16-9-11-21(27-2)22(13-16)28-3/h4-13,18,25H,14H2,1-3H3/t18-,25+/m1/s1. The van der Waals surface area contributed by atoms with E-state index in [0.29, 0.717) is 6.61 Å². The van der Waals surface area contributed by atoms with E-state index in [1.165, 1.54) is 16.0 Å². The number of nitrogens with zero attached hydrogens (tertiary/aromatic N) is 1. The van der Waals surface area contributed by atoms with Gasteiger partial charge < -0.3 is 14.2 Å². The second kappa shape index (κ2) is 7.73. The molecule has 2 atom stereocenters. The van der Waals surface area contributed by atoms with Gasteiger partial charge in [0, 0.05) is 15.7 Å². The molecule has 0 aliphatic carbocycles. The predicted molar refractivity (Wildman–Crippen MR) is 121 cm³/mol. The van der Waals surface area contributed by atoms with Crippen LogP contribution in [0.3, 0.4) is 0 Å². The van der Waals surface area contributed by atoms with Gasteiger partial charge in [0.1, 0.15) is 5.75 Å².